The second kappa shape index (κ2) is 11.6. The molecule has 0 radical (unpaired) electrons. The number of carbonyl (C=O) groups excluding carboxylic acids is 3. The third-order valence-electron chi connectivity index (χ3n) is 8.91. The number of alkyl carbamates (subject to hydrolysis) is 1. The van der Waals surface area contributed by atoms with Gasteiger partial charge in [0.25, 0.3) is 0 Å². The molecule has 0 bridgehead atoms. The molecule has 2 aliphatic heterocycles. The predicted molar refractivity (Wildman–Crippen MR) is 153 cm³/mol. The number of ether oxygens (including phenoxy) is 1. The molecule has 2 atom stereocenters. The Balaban J connectivity index is 1.21. The van der Waals surface area contributed by atoms with Gasteiger partial charge in [0.1, 0.15) is 17.9 Å². The normalized spacial score (nSPS) is 25.6. The van der Waals surface area contributed by atoms with Crippen molar-refractivity contribution in [3.05, 3.63) is 34.2 Å². The lowest BCUT2D eigenvalue weighted by Crippen LogP contribution is -2.47. The number of hydrogen-bond acceptors (Lipinski definition) is 7. The van der Waals surface area contributed by atoms with Crippen molar-refractivity contribution in [3.63, 3.8) is 0 Å². The minimum atomic E-state index is -0.703. The number of imidazole rings is 1. The maximum absolute atomic E-state index is 13.3. The Morgan fingerprint density at radius 1 is 1.05 bits per heavy atom. The lowest BCUT2D eigenvalue weighted by molar-refractivity contribution is -0.135. The average molecular weight is 570 g/mol. The van der Waals surface area contributed by atoms with Crippen LogP contribution in [-0.2, 0) is 21.4 Å². The van der Waals surface area contributed by atoms with Gasteiger partial charge < -0.3 is 15.2 Å². The monoisotopic (exact) mass is 569 g/mol. The highest BCUT2D eigenvalue weighted by Gasteiger charge is 2.35. The maximum atomic E-state index is 13.3. The summed E-state index contributed by atoms with van der Waals surface area (Å²) in [5.74, 6) is -0.355. The highest BCUT2D eigenvalue weighted by Crippen LogP contribution is 2.36. The van der Waals surface area contributed by atoms with Gasteiger partial charge in [-0.3, -0.25) is 28.9 Å². The Labute approximate surface area is 240 Å². The molecular weight excluding hydrogens is 526 g/mol. The first-order chi connectivity index (χ1) is 19.4. The van der Waals surface area contributed by atoms with Gasteiger partial charge in [0.2, 0.25) is 11.8 Å². The first kappa shape index (κ1) is 29.3. The van der Waals surface area contributed by atoms with E-state index in [9.17, 15) is 24.3 Å². The molecule has 1 aromatic heterocycles. The minimum absolute atomic E-state index is 0.0682. The number of aliphatic hydroxyl groups excluding tert-OH is 1. The summed E-state index contributed by atoms with van der Waals surface area (Å²) in [6, 6.07) is 5.23. The molecule has 11 heteroatoms. The lowest BCUT2D eigenvalue weighted by atomic mass is 9.83. The molecule has 2 unspecified atom stereocenters. The Kier molecular flexibility index (Phi) is 8.29. The number of aromatic nitrogens is 2. The zero-order valence-electron chi connectivity index (χ0n) is 24.5. The average Bonchev–Trinajstić information content (AvgIpc) is 3.17. The Bertz CT molecular complexity index is 1360. The number of para-hydroxylation sites is 1. The molecule has 41 heavy (non-hydrogen) atoms. The Morgan fingerprint density at radius 2 is 1.73 bits per heavy atom. The van der Waals surface area contributed by atoms with Crippen LogP contribution in [0.15, 0.2) is 23.0 Å². The first-order valence-electron chi connectivity index (χ1n) is 14.9. The number of rotatable bonds is 5. The van der Waals surface area contributed by atoms with Crippen LogP contribution in [0.3, 0.4) is 0 Å². The third-order valence-corrected chi connectivity index (χ3v) is 8.91. The lowest BCUT2D eigenvalue weighted by Gasteiger charge is -2.40. The van der Waals surface area contributed by atoms with Crippen molar-refractivity contribution in [1.29, 1.82) is 0 Å². The fourth-order valence-corrected chi connectivity index (χ4v) is 6.84. The van der Waals surface area contributed by atoms with Gasteiger partial charge in [0, 0.05) is 32.6 Å². The SMILES string of the molecule is Cn1c(=O)n(C2CCC(=O)NC2=O)c2cccc(C3CCN(C(O)[C@H]4CC[C@H](NC(=O)OC(C)(C)C)CC4)CC3)c21. The summed E-state index contributed by atoms with van der Waals surface area (Å²) in [7, 11) is 1.74. The van der Waals surface area contributed by atoms with E-state index in [1.165, 1.54) is 4.57 Å². The molecule has 2 saturated heterocycles. The Hall–Kier alpha value is -3.18. The smallest absolute Gasteiger partial charge is 0.407 e. The number of piperidine rings is 2. The number of benzene rings is 1. The van der Waals surface area contributed by atoms with E-state index in [4.69, 9.17) is 4.74 Å². The van der Waals surface area contributed by atoms with Crippen LogP contribution in [0.1, 0.15) is 89.7 Å². The van der Waals surface area contributed by atoms with Crippen molar-refractivity contribution in [2.45, 2.75) is 102 Å². The molecule has 3 aliphatic rings. The summed E-state index contributed by atoms with van der Waals surface area (Å²) in [4.78, 5) is 51.8. The van der Waals surface area contributed by atoms with Crippen LogP contribution in [0.2, 0.25) is 0 Å². The number of nitrogens with zero attached hydrogens (tertiary/aromatic N) is 3. The third kappa shape index (κ3) is 6.21. The number of imide groups is 1. The number of hydrogen-bond donors (Lipinski definition) is 3. The van der Waals surface area contributed by atoms with Gasteiger partial charge in [-0.1, -0.05) is 12.1 Å². The van der Waals surface area contributed by atoms with Gasteiger partial charge in [-0.25, -0.2) is 9.59 Å². The molecule has 2 aromatic rings. The zero-order valence-corrected chi connectivity index (χ0v) is 24.5. The van der Waals surface area contributed by atoms with Crippen LogP contribution in [-0.4, -0.2) is 68.0 Å². The minimum Gasteiger partial charge on any atom is -0.444 e. The van der Waals surface area contributed by atoms with Crippen molar-refractivity contribution in [2.75, 3.05) is 13.1 Å². The van der Waals surface area contributed by atoms with Crippen molar-refractivity contribution < 1.29 is 24.2 Å². The highest BCUT2D eigenvalue weighted by atomic mass is 16.6. The van der Waals surface area contributed by atoms with Gasteiger partial charge in [-0.05, 0) is 89.2 Å². The van der Waals surface area contributed by atoms with E-state index in [0.717, 1.165) is 62.7 Å². The summed E-state index contributed by atoms with van der Waals surface area (Å²) in [5, 5.41) is 16.6. The molecular formula is C30H43N5O6. The number of fused-ring (bicyclic) bond motifs is 1. The zero-order chi connectivity index (χ0) is 29.5. The summed E-state index contributed by atoms with van der Waals surface area (Å²) in [6.45, 7) is 7.05. The van der Waals surface area contributed by atoms with Crippen LogP contribution >= 0.6 is 0 Å². The predicted octanol–water partition coefficient (Wildman–Crippen LogP) is 2.90. The van der Waals surface area contributed by atoms with E-state index in [0.29, 0.717) is 11.9 Å². The van der Waals surface area contributed by atoms with Crippen molar-refractivity contribution in [1.82, 2.24) is 24.7 Å². The molecule has 11 nitrogen and oxygen atoms in total. The van der Waals surface area contributed by atoms with E-state index < -0.39 is 23.8 Å². The van der Waals surface area contributed by atoms with E-state index in [2.05, 4.69) is 21.6 Å². The standard InChI is InChI=1S/C30H43N5O6/c1-30(2,3)41-28(39)31-20-10-8-19(9-11-20)27(38)34-16-14-18(15-17-34)21-6-5-7-22-25(21)33(4)29(40)35(22)23-12-13-24(36)32-26(23)37/h5-7,18-20,23,27,38H,8-17H2,1-4H3,(H,31,39)(H,32,36,37)/t19-,20-,23?,27?. The number of amides is 3. The summed E-state index contributed by atoms with van der Waals surface area (Å²) < 4.78 is 8.54. The summed E-state index contributed by atoms with van der Waals surface area (Å²) in [5.41, 5.74) is 1.84. The second-order valence-electron chi connectivity index (χ2n) is 12.9. The fourth-order valence-electron chi connectivity index (χ4n) is 6.84. The molecule has 3 amide bonds. The number of aryl methyl sites for hydroxylation is 1. The van der Waals surface area contributed by atoms with Gasteiger partial charge in [-0.2, -0.15) is 0 Å². The molecule has 1 aliphatic carbocycles. The molecule has 0 spiro atoms. The van der Waals surface area contributed by atoms with Crippen LogP contribution in [0.4, 0.5) is 4.79 Å². The summed E-state index contributed by atoms with van der Waals surface area (Å²) >= 11 is 0. The topological polar surface area (TPSA) is 135 Å². The summed E-state index contributed by atoms with van der Waals surface area (Å²) in [6.07, 6.45) is 4.64. The Morgan fingerprint density at radius 3 is 2.37 bits per heavy atom. The molecule has 3 heterocycles. The number of nitrogens with one attached hydrogen (secondary N) is 2. The fraction of sp³-hybridized carbons (Fsp3) is 0.667. The molecule has 1 saturated carbocycles. The van der Waals surface area contributed by atoms with E-state index in [-0.39, 0.29) is 42.0 Å². The van der Waals surface area contributed by atoms with E-state index >= 15 is 0 Å². The quantitative estimate of drug-likeness (QED) is 0.471. The second-order valence-corrected chi connectivity index (χ2v) is 12.9. The van der Waals surface area contributed by atoms with Crippen LogP contribution in [0, 0.1) is 5.92 Å². The van der Waals surface area contributed by atoms with Gasteiger partial charge in [-0.15, -0.1) is 0 Å². The largest absolute Gasteiger partial charge is 0.444 e. The number of aliphatic hydroxyl groups is 1. The first-order valence-corrected chi connectivity index (χ1v) is 14.9. The van der Waals surface area contributed by atoms with E-state index in [1.54, 1.807) is 11.6 Å². The molecule has 3 fully saturated rings. The van der Waals surface area contributed by atoms with Crippen LogP contribution in [0.25, 0.3) is 11.0 Å². The van der Waals surface area contributed by atoms with Crippen molar-refractivity contribution in [3.8, 4) is 0 Å². The highest BCUT2D eigenvalue weighted by molar-refractivity contribution is 6.00. The number of carbonyl (C=O) groups is 3. The molecule has 224 valence electrons. The van der Waals surface area contributed by atoms with Crippen LogP contribution in [0.5, 0.6) is 0 Å². The maximum Gasteiger partial charge on any atom is 0.407 e. The van der Waals surface area contributed by atoms with Gasteiger partial charge in [0.05, 0.1) is 11.0 Å². The van der Waals surface area contributed by atoms with Crippen molar-refractivity contribution in [2.24, 2.45) is 13.0 Å². The van der Waals surface area contributed by atoms with Gasteiger partial charge in [0.15, 0.2) is 0 Å². The molecule has 3 N–H and O–H groups in total. The van der Waals surface area contributed by atoms with Crippen molar-refractivity contribution >= 4 is 28.9 Å². The molecule has 1 aromatic carbocycles. The van der Waals surface area contributed by atoms with E-state index in [1.807, 2.05) is 32.9 Å². The van der Waals surface area contributed by atoms with Crippen LogP contribution < -0.4 is 16.3 Å². The molecule has 5 rings (SSSR count). The van der Waals surface area contributed by atoms with Gasteiger partial charge >= 0.3 is 11.8 Å². The number of likely N-dealkylation sites (tertiary alicyclic amines) is 1.